The first-order valence-electron chi connectivity index (χ1n) is 5.04. The Bertz CT molecular complexity index is 527. The van der Waals surface area contributed by atoms with Gasteiger partial charge in [-0.05, 0) is 0 Å². The summed E-state index contributed by atoms with van der Waals surface area (Å²) in [4.78, 5) is 11.4. The predicted octanol–water partition coefficient (Wildman–Crippen LogP) is 2.49. The first kappa shape index (κ1) is 11.1. The molecule has 16 heavy (non-hydrogen) atoms. The molecule has 0 bridgehead atoms. The number of nitrogens with zero attached hydrogens (tertiary/aromatic N) is 1. The van der Waals surface area contributed by atoms with Crippen molar-refractivity contribution in [2.24, 2.45) is 0 Å². The summed E-state index contributed by atoms with van der Waals surface area (Å²) >= 11 is 3.86. The molecule has 0 spiro atoms. The molecule has 0 N–H and O–H groups in total. The molecule has 81 valence electrons. The normalized spacial score (nSPS) is 19.2. The van der Waals surface area contributed by atoms with E-state index in [-0.39, 0.29) is 5.78 Å². The van der Waals surface area contributed by atoms with Crippen LogP contribution >= 0.6 is 0 Å². The average molecular weight is 252 g/mol. The summed E-state index contributed by atoms with van der Waals surface area (Å²) < 4.78 is 0.847. The van der Waals surface area contributed by atoms with Gasteiger partial charge in [0.05, 0.1) is 0 Å². The second-order valence-electron chi connectivity index (χ2n) is 3.75. The van der Waals surface area contributed by atoms with E-state index in [1.807, 2.05) is 18.2 Å². The van der Waals surface area contributed by atoms with Crippen molar-refractivity contribution in [1.29, 1.82) is 5.26 Å². The van der Waals surface area contributed by atoms with Gasteiger partial charge in [0, 0.05) is 0 Å². The van der Waals surface area contributed by atoms with Crippen LogP contribution in [0.25, 0.3) is 0 Å². The molecule has 2 aliphatic carbocycles. The number of rotatable bonds is 2. The van der Waals surface area contributed by atoms with Crippen LogP contribution < -0.4 is 0 Å². The SMILES string of the molecule is CC(=O)C1=C(C2=CC[C]([Fe])=C2C#N)CC=C1. The predicted molar refractivity (Wildman–Crippen MR) is 56.8 cm³/mol. The maximum absolute atomic E-state index is 11.4. The Balaban J connectivity index is 2.47. The molecule has 0 amide bonds. The van der Waals surface area contributed by atoms with Gasteiger partial charge >= 0.3 is 103 Å². The van der Waals surface area contributed by atoms with Crippen LogP contribution in [0.3, 0.4) is 0 Å². The Hall–Kier alpha value is -1.36. The van der Waals surface area contributed by atoms with Crippen LogP contribution in [-0.2, 0) is 20.8 Å². The van der Waals surface area contributed by atoms with Gasteiger partial charge in [-0.1, -0.05) is 0 Å². The molecular formula is C13H10FeNO. The van der Waals surface area contributed by atoms with Crippen LogP contribution in [0.5, 0.6) is 0 Å². The van der Waals surface area contributed by atoms with Crippen LogP contribution in [0.15, 0.2) is 45.0 Å². The van der Waals surface area contributed by atoms with Crippen molar-refractivity contribution in [3.05, 3.63) is 45.0 Å². The Kier molecular flexibility index (Phi) is 2.96. The van der Waals surface area contributed by atoms with Gasteiger partial charge in [0.15, 0.2) is 0 Å². The number of carbonyl (C=O) groups is 1. The average Bonchev–Trinajstić information content (AvgIpc) is 2.82. The molecule has 2 nitrogen and oxygen atoms in total. The molecule has 3 heteroatoms. The summed E-state index contributed by atoms with van der Waals surface area (Å²) in [6.07, 6.45) is 7.25. The minimum absolute atomic E-state index is 0.0550. The van der Waals surface area contributed by atoms with Gasteiger partial charge < -0.3 is 0 Å². The topological polar surface area (TPSA) is 40.9 Å². The zero-order valence-corrected chi connectivity index (χ0v) is 9.96. The Labute approximate surface area is 103 Å². The number of allylic oxidation sites excluding steroid dienone is 8. The van der Waals surface area contributed by atoms with Crippen molar-refractivity contribution in [2.75, 3.05) is 0 Å². The monoisotopic (exact) mass is 252 g/mol. The van der Waals surface area contributed by atoms with Crippen molar-refractivity contribution >= 4 is 5.78 Å². The Morgan fingerprint density at radius 1 is 1.50 bits per heavy atom. The number of carbonyl (C=O) groups excluding carboxylic acids is 1. The molecule has 0 aromatic heterocycles. The van der Waals surface area contributed by atoms with Crippen molar-refractivity contribution in [3.63, 3.8) is 0 Å². The summed E-state index contributed by atoms with van der Waals surface area (Å²) in [5, 5.41) is 9.08. The molecule has 0 saturated carbocycles. The molecule has 0 aromatic carbocycles. The minimum atomic E-state index is 0.0550. The number of hydrogen-bond donors (Lipinski definition) is 0. The quantitative estimate of drug-likeness (QED) is 0.708. The van der Waals surface area contributed by atoms with Gasteiger partial charge in [-0.2, -0.15) is 0 Å². The molecule has 2 aliphatic rings. The van der Waals surface area contributed by atoms with E-state index in [9.17, 15) is 4.79 Å². The van der Waals surface area contributed by atoms with Gasteiger partial charge in [0.25, 0.3) is 0 Å². The fourth-order valence-corrected chi connectivity index (χ4v) is 2.34. The Morgan fingerprint density at radius 2 is 2.25 bits per heavy atom. The summed E-state index contributed by atoms with van der Waals surface area (Å²) in [6, 6.07) is 2.18. The van der Waals surface area contributed by atoms with E-state index in [0.717, 1.165) is 27.6 Å². The molecule has 0 radical (unpaired) electrons. The Morgan fingerprint density at radius 3 is 2.88 bits per heavy atom. The van der Waals surface area contributed by atoms with E-state index in [1.165, 1.54) is 0 Å². The van der Waals surface area contributed by atoms with E-state index in [0.29, 0.717) is 12.0 Å². The number of nitriles is 1. The molecular weight excluding hydrogens is 242 g/mol. The van der Waals surface area contributed by atoms with Gasteiger partial charge in [0.1, 0.15) is 0 Å². The summed E-state index contributed by atoms with van der Waals surface area (Å²) in [7, 11) is 0. The maximum atomic E-state index is 11.4. The number of hydrogen-bond acceptors (Lipinski definition) is 2. The first-order valence-corrected chi connectivity index (χ1v) is 5.59. The summed E-state index contributed by atoms with van der Waals surface area (Å²) in [6.45, 7) is 1.56. The molecule has 0 atom stereocenters. The second kappa shape index (κ2) is 4.25. The molecule has 0 fully saturated rings. The van der Waals surface area contributed by atoms with E-state index < -0.39 is 0 Å². The third-order valence-electron chi connectivity index (χ3n) is 2.76. The van der Waals surface area contributed by atoms with Gasteiger partial charge in [-0.15, -0.1) is 0 Å². The molecule has 0 saturated heterocycles. The third kappa shape index (κ3) is 1.71. The molecule has 0 heterocycles. The number of ketones is 1. The summed E-state index contributed by atoms with van der Waals surface area (Å²) in [5.41, 5.74) is 3.25. The summed E-state index contributed by atoms with van der Waals surface area (Å²) in [5.74, 6) is 0.0550. The van der Waals surface area contributed by atoms with E-state index in [1.54, 1.807) is 6.92 Å². The standard InChI is InChI=1S/C13H10NO.Fe/c1-9(15)11-5-3-7-13(11)12-6-2-4-10(12)8-14;/h3,5-6H,2,7H2,1H3;. The molecule has 0 unspecified atom stereocenters. The van der Waals surface area contributed by atoms with Crippen molar-refractivity contribution < 1.29 is 20.8 Å². The van der Waals surface area contributed by atoms with E-state index in [4.69, 9.17) is 5.26 Å². The number of Topliss-reactive ketones (excluding diaryl/α,β-unsaturated/α-hetero) is 1. The van der Waals surface area contributed by atoms with Crippen molar-refractivity contribution in [3.8, 4) is 6.07 Å². The van der Waals surface area contributed by atoms with Crippen LogP contribution in [0.4, 0.5) is 0 Å². The zero-order chi connectivity index (χ0) is 11.7. The van der Waals surface area contributed by atoms with E-state index >= 15 is 0 Å². The second-order valence-corrected chi connectivity index (χ2v) is 4.42. The van der Waals surface area contributed by atoms with Gasteiger partial charge in [-0.25, -0.2) is 0 Å². The molecule has 0 aliphatic heterocycles. The fraction of sp³-hybridized carbons (Fsp3) is 0.231. The van der Waals surface area contributed by atoms with Gasteiger partial charge in [-0.3, -0.25) is 0 Å². The van der Waals surface area contributed by atoms with E-state index in [2.05, 4.69) is 22.1 Å². The van der Waals surface area contributed by atoms with Crippen LogP contribution in [-0.4, -0.2) is 5.78 Å². The van der Waals surface area contributed by atoms with Crippen molar-refractivity contribution in [2.45, 2.75) is 19.8 Å². The van der Waals surface area contributed by atoms with Crippen molar-refractivity contribution in [1.82, 2.24) is 0 Å². The van der Waals surface area contributed by atoms with Crippen LogP contribution in [0, 0.1) is 11.3 Å². The molecule has 0 aromatic rings. The first-order chi connectivity index (χ1) is 7.65. The van der Waals surface area contributed by atoms with Crippen LogP contribution in [0.2, 0.25) is 0 Å². The van der Waals surface area contributed by atoms with Gasteiger partial charge in [0.2, 0.25) is 0 Å². The fourth-order valence-electron chi connectivity index (χ4n) is 2.02. The van der Waals surface area contributed by atoms with Crippen LogP contribution in [0.1, 0.15) is 19.8 Å². The third-order valence-corrected chi connectivity index (χ3v) is 3.26. The molecule has 2 rings (SSSR count). The zero-order valence-electron chi connectivity index (χ0n) is 8.86.